The van der Waals surface area contributed by atoms with Crippen LogP contribution in [-0.4, -0.2) is 18.5 Å². The summed E-state index contributed by atoms with van der Waals surface area (Å²) in [4.78, 5) is 11.9. The van der Waals surface area contributed by atoms with Gasteiger partial charge in [0.2, 0.25) is 0 Å². The number of hydrogen-bond acceptors (Lipinski definition) is 2. The lowest BCUT2D eigenvalue weighted by molar-refractivity contribution is -0.119. The molecule has 1 aromatic rings. The van der Waals surface area contributed by atoms with Crippen molar-refractivity contribution in [2.45, 2.75) is 44.6 Å². The molecule has 0 aliphatic carbocycles. The van der Waals surface area contributed by atoms with Crippen LogP contribution in [0.25, 0.3) is 0 Å². The molecule has 1 fully saturated rings. The zero-order valence-electron chi connectivity index (χ0n) is 10.8. The minimum atomic E-state index is -0.293. The van der Waals surface area contributed by atoms with Gasteiger partial charge in [-0.2, -0.15) is 0 Å². The van der Waals surface area contributed by atoms with Crippen molar-refractivity contribution in [3.05, 3.63) is 34.1 Å². The van der Waals surface area contributed by atoms with Crippen LogP contribution < -0.4 is 0 Å². The maximum absolute atomic E-state index is 12.9. The molecular weight excluding hydrogens is 311 g/mol. The highest BCUT2D eigenvalue weighted by molar-refractivity contribution is 9.10. The molecule has 2 nitrogen and oxygen atoms in total. The molecule has 1 aromatic carbocycles. The van der Waals surface area contributed by atoms with Gasteiger partial charge >= 0.3 is 0 Å². The van der Waals surface area contributed by atoms with Crippen LogP contribution in [0.15, 0.2) is 22.7 Å². The normalized spacial score (nSPS) is 19.4. The van der Waals surface area contributed by atoms with Gasteiger partial charge in [0.15, 0.2) is 0 Å². The van der Waals surface area contributed by atoms with E-state index >= 15 is 0 Å². The van der Waals surface area contributed by atoms with Crippen LogP contribution >= 0.6 is 15.9 Å². The first-order chi connectivity index (χ1) is 9.15. The zero-order valence-corrected chi connectivity index (χ0v) is 12.4. The number of rotatable bonds is 5. The molecule has 0 bridgehead atoms. The van der Waals surface area contributed by atoms with E-state index in [1.54, 1.807) is 6.07 Å². The van der Waals surface area contributed by atoms with Gasteiger partial charge in [-0.1, -0.05) is 22.0 Å². The number of Topliss-reactive ketones (excluding diaryl/α,β-unsaturated/α-hetero) is 1. The molecule has 0 amide bonds. The largest absolute Gasteiger partial charge is 0.378 e. The monoisotopic (exact) mass is 328 g/mol. The summed E-state index contributed by atoms with van der Waals surface area (Å²) in [5.41, 5.74) is 0.843. The average molecular weight is 329 g/mol. The topological polar surface area (TPSA) is 26.3 Å². The number of carbonyl (C=O) groups is 1. The summed E-state index contributed by atoms with van der Waals surface area (Å²) < 4.78 is 19.2. The summed E-state index contributed by atoms with van der Waals surface area (Å²) in [5.74, 6) is -0.111. The van der Waals surface area contributed by atoms with E-state index in [1.807, 2.05) is 0 Å². The summed E-state index contributed by atoms with van der Waals surface area (Å²) in [6.07, 6.45) is 5.33. The van der Waals surface area contributed by atoms with Crippen LogP contribution in [0.3, 0.4) is 0 Å². The van der Waals surface area contributed by atoms with Crippen molar-refractivity contribution < 1.29 is 13.9 Å². The van der Waals surface area contributed by atoms with E-state index in [1.165, 1.54) is 18.6 Å². The number of benzene rings is 1. The van der Waals surface area contributed by atoms with Gasteiger partial charge < -0.3 is 4.74 Å². The maximum atomic E-state index is 12.9. The Morgan fingerprint density at radius 1 is 1.42 bits per heavy atom. The van der Waals surface area contributed by atoms with Crippen LogP contribution in [0, 0.1) is 5.82 Å². The van der Waals surface area contributed by atoms with Gasteiger partial charge in [0, 0.05) is 23.9 Å². The highest BCUT2D eigenvalue weighted by Crippen LogP contribution is 2.21. The molecule has 19 heavy (non-hydrogen) atoms. The van der Waals surface area contributed by atoms with Gasteiger partial charge in [0.25, 0.3) is 0 Å². The SMILES string of the molecule is O=C(CCC1CCCCO1)Cc1ccc(F)cc1Br. The average Bonchev–Trinajstić information content (AvgIpc) is 2.41. The fraction of sp³-hybridized carbons (Fsp3) is 0.533. The Balaban J connectivity index is 1.80. The number of carbonyl (C=O) groups excluding carboxylic acids is 1. The Labute approximate surface area is 121 Å². The van der Waals surface area contributed by atoms with Gasteiger partial charge in [-0.15, -0.1) is 0 Å². The van der Waals surface area contributed by atoms with E-state index in [2.05, 4.69) is 15.9 Å². The van der Waals surface area contributed by atoms with Crippen molar-refractivity contribution >= 4 is 21.7 Å². The fourth-order valence-electron chi connectivity index (χ4n) is 2.32. The quantitative estimate of drug-likeness (QED) is 0.815. The summed E-state index contributed by atoms with van der Waals surface area (Å²) in [6, 6.07) is 4.44. The fourth-order valence-corrected chi connectivity index (χ4v) is 2.81. The van der Waals surface area contributed by atoms with E-state index in [9.17, 15) is 9.18 Å². The van der Waals surface area contributed by atoms with Gasteiger partial charge in [-0.3, -0.25) is 4.79 Å². The van der Waals surface area contributed by atoms with Crippen molar-refractivity contribution in [1.29, 1.82) is 0 Å². The van der Waals surface area contributed by atoms with E-state index < -0.39 is 0 Å². The second-order valence-corrected chi connectivity index (χ2v) is 5.83. The predicted molar refractivity (Wildman–Crippen MR) is 75.6 cm³/mol. The lowest BCUT2D eigenvalue weighted by atomic mass is 10.0. The van der Waals surface area contributed by atoms with Gasteiger partial charge in [0.1, 0.15) is 11.6 Å². The van der Waals surface area contributed by atoms with E-state index in [0.717, 1.165) is 31.4 Å². The van der Waals surface area contributed by atoms with Gasteiger partial charge in [-0.25, -0.2) is 4.39 Å². The van der Waals surface area contributed by atoms with Crippen molar-refractivity contribution in [2.24, 2.45) is 0 Å². The third-order valence-corrected chi connectivity index (χ3v) is 4.16. The van der Waals surface area contributed by atoms with Crippen LogP contribution in [-0.2, 0) is 16.0 Å². The molecule has 104 valence electrons. The van der Waals surface area contributed by atoms with Crippen LogP contribution in [0.1, 0.15) is 37.7 Å². The van der Waals surface area contributed by atoms with Crippen molar-refractivity contribution in [3.63, 3.8) is 0 Å². The first kappa shape index (κ1) is 14.7. The van der Waals surface area contributed by atoms with Crippen LogP contribution in [0.5, 0.6) is 0 Å². The van der Waals surface area contributed by atoms with Crippen molar-refractivity contribution in [1.82, 2.24) is 0 Å². The van der Waals surface area contributed by atoms with Crippen molar-refractivity contribution in [2.75, 3.05) is 6.61 Å². The first-order valence-corrected chi connectivity index (χ1v) is 7.51. The Kier molecular flexibility index (Phi) is 5.52. The second kappa shape index (κ2) is 7.15. The third kappa shape index (κ3) is 4.69. The molecule has 1 aliphatic rings. The Morgan fingerprint density at radius 2 is 2.26 bits per heavy atom. The molecule has 0 radical (unpaired) electrons. The molecule has 1 heterocycles. The highest BCUT2D eigenvalue weighted by atomic mass is 79.9. The molecule has 1 atom stereocenters. The van der Waals surface area contributed by atoms with Gasteiger partial charge in [-0.05, 0) is 43.4 Å². The van der Waals surface area contributed by atoms with Gasteiger partial charge in [0.05, 0.1) is 6.10 Å². The molecule has 2 rings (SSSR count). The van der Waals surface area contributed by atoms with E-state index in [0.29, 0.717) is 17.3 Å². The molecule has 0 spiro atoms. The molecule has 1 aliphatic heterocycles. The van der Waals surface area contributed by atoms with Crippen molar-refractivity contribution in [3.8, 4) is 0 Å². The standard InChI is InChI=1S/C15H18BrFO2/c16-15-10-12(17)5-4-11(15)9-13(18)6-7-14-3-1-2-8-19-14/h4-5,10,14H,1-3,6-9H2. The summed E-state index contributed by atoms with van der Waals surface area (Å²) in [6.45, 7) is 0.822. The minimum Gasteiger partial charge on any atom is -0.378 e. The molecule has 1 unspecified atom stereocenters. The summed E-state index contributed by atoms with van der Waals surface area (Å²) in [5, 5.41) is 0. The second-order valence-electron chi connectivity index (χ2n) is 4.98. The predicted octanol–water partition coefficient (Wildman–Crippen LogP) is 4.05. The third-order valence-electron chi connectivity index (χ3n) is 3.42. The van der Waals surface area contributed by atoms with E-state index in [-0.39, 0.29) is 17.7 Å². The summed E-state index contributed by atoms with van der Waals surface area (Å²) in [7, 11) is 0. The lowest BCUT2D eigenvalue weighted by Crippen LogP contribution is -2.20. The first-order valence-electron chi connectivity index (χ1n) is 6.72. The maximum Gasteiger partial charge on any atom is 0.137 e. The summed E-state index contributed by atoms with van der Waals surface area (Å²) >= 11 is 3.29. The molecule has 1 saturated heterocycles. The Morgan fingerprint density at radius 3 is 2.95 bits per heavy atom. The Bertz CT molecular complexity index is 442. The number of ether oxygens (including phenoxy) is 1. The molecular formula is C15H18BrFO2. The molecule has 0 aromatic heterocycles. The minimum absolute atomic E-state index is 0.182. The zero-order chi connectivity index (χ0) is 13.7. The number of halogens is 2. The van der Waals surface area contributed by atoms with E-state index in [4.69, 9.17) is 4.74 Å². The number of ketones is 1. The van der Waals surface area contributed by atoms with Crippen LogP contribution in [0.2, 0.25) is 0 Å². The molecule has 0 saturated carbocycles. The molecule has 4 heteroatoms. The highest BCUT2D eigenvalue weighted by Gasteiger charge is 2.16. The number of hydrogen-bond donors (Lipinski definition) is 0. The molecule has 0 N–H and O–H groups in total. The smallest absolute Gasteiger partial charge is 0.137 e. The lowest BCUT2D eigenvalue weighted by Gasteiger charge is -2.22. The Hall–Kier alpha value is -0.740. The van der Waals surface area contributed by atoms with Crippen LogP contribution in [0.4, 0.5) is 4.39 Å².